The summed E-state index contributed by atoms with van der Waals surface area (Å²) in [5, 5.41) is 13.4. The van der Waals surface area contributed by atoms with Crippen molar-refractivity contribution in [3.05, 3.63) is 18.0 Å². The van der Waals surface area contributed by atoms with Crippen molar-refractivity contribution in [1.29, 1.82) is 0 Å². The van der Waals surface area contributed by atoms with Crippen molar-refractivity contribution < 1.29 is 14.7 Å². The fourth-order valence-electron chi connectivity index (χ4n) is 2.98. The fraction of sp³-hybridized carbons (Fsp3) is 0.667. The summed E-state index contributed by atoms with van der Waals surface area (Å²) in [5.41, 5.74) is 0.365. The zero-order valence-electron chi connectivity index (χ0n) is 12.1. The number of aliphatic carboxylic acids is 1. The second kappa shape index (κ2) is 5.87. The zero-order valence-corrected chi connectivity index (χ0v) is 12.1. The third kappa shape index (κ3) is 3.43. The maximum Gasteiger partial charge on any atom is 0.323 e. The molecule has 114 valence electrons. The number of amides is 1. The number of nitrogens with zero attached hydrogens (tertiary/aromatic N) is 3. The predicted molar refractivity (Wildman–Crippen MR) is 76.0 cm³/mol. The molecule has 1 heterocycles. The van der Waals surface area contributed by atoms with Crippen molar-refractivity contribution >= 4 is 11.9 Å². The van der Waals surface area contributed by atoms with Crippen molar-refractivity contribution in [2.75, 3.05) is 13.1 Å². The average molecular weight is 291 g/mol. The van der Waals surface area contributed by atoms with Crippen LogP contribution in [0.4, 0.5) is 0 Å². The number of carbonyl (C=O) groups excluding carboxylic acids is 1. The van der Waals surface area contributed by atoms with E-state index in [1.165, 1.54) is 17.7 Å². The minimum atomic E-state index is -0.973. The average Bonchev–Trinajstić information content (AvgIpc) is 2.96. The van der Waals surface area contributed by atoms with Crippen LogP contribution >= 0.6 is 0 Å². The first kappa shape index (κ1) is 14.1. The number of hydrogen-bond acceptors (Lipinski definition) is 3. The second-order valence-corrected chi connectivity index (χ2v) is 6.14. The maximum atomic E-state index is 12.5. The van der Waals surface area contributed by atoms with E-state index in [1.54, 1.807) is 6.07 Å². The molecule has 2 aliphatic rings. The molecule has 0 radical (unpaired) electrons. The molecule has 0 atom stereocenters. The van der Waals surface area contributed by atoms with Crippen molar-refractivity contribution in [3.63, 3.8) is 0 Å². The molecule has 0 bridgehead atoms. The number of aromatic nitrogens is 2. The van der Waals surface area contributed by atoms with Gasteiger partial charge in [-0.05, 0) is 37.7 Å². The topological polar surface area (TPSA) is 75.4 Å². The standard InChI is InChI=1S/C15H21N3O3/c19-14(20)10-17(9-11-5-6-11)15(21)13-7-8-18(16-13)12-3-1-2-4-12/h7-8,11-12H,1-6,9-10H2,(H,19,20). The molecule has 1 aromatic rings. The third-order valence-electron chi connectivity index (χ3n) is 4.32. The Bertz CT molecular complexity index is 530. The van der Waals surface area contributed by atoms with Crippen LogP contribution in [0.1, 0.15) is 55.1 Å². The van der Waals surface area contributed by atoms with Gasteiger partial charge in [0.1, 0.15) is 12.2 Å². The van der Waals surface area contributed by atoms with Gasteiger partial charge in [0.15, 0.2) is 0 Å². The number of rotatable bonds is 6. The van der Waals surface area contributed by atoms with Gasteiger partial charge in [0.2, 0.25) is 0 Å². The maximum absolute atomic E-state index is 12.5. The largest absolute Gasteiger partial charge is 0.480 e. The van der Waals surface area contributed by atoms with E-state index in [0.717, 1.165) is 25.7 Å². The van der Waals surface area contributed by atoms with Crippen LogP contribution in [0.25, 0.3) is 0 Å². The Hall–Kier alpha value is -1.85. The molecule has 6 heteroatoms. The molecular formula is C15H21N3O3. The van der Waals surface area contributed by atoms with Gasteiger partial charge in [0.25, 0.3) is 5.91 Å². The zero-order chi connectivity index (χ0) is 14.8. The minimum absolute atomic E-state index is 0.244. The van der Waals surface area contributed by atoms with E-state index in [4.69, 9.17) is 5.11 Å². The van der Waals surface area contributed by atoms with E-state index in [0.29, 0.717) is 24.2 Å². The van der Waals surface area contributed by atoms with Gasteiger partial charge in [-0.3, -0.25) is 14.3 Å². The Morgan fingerprint density at radius 2 is 2.00 bits per heavy atom. The fourth-order valence-corrected chi connectivity index (χ4v) is 2.98. The highest BCUT2D eigenvalue weighted by Gasteiger charge is 2.29. The van der Waals surface area contributed by atoms with Crippen LogP contribution < -0.4 is 0 Å². The summed E-state index contributed by atoms with van der Waals surface area (Å²) in [6.07, 6.45) is 8.65. The van der Waals surface area contributed by atoms with Crippen LogP contribution in [0, 0.1) is 5.92 Å². The van der Waals surface area contributed by atoms with E-state index in [1.807, 2.05) is 10.9 Å². The molecule has 3 rings (SSSR count). The van der Waals surface area contributed by atoms with E-state index in [2.05, 4.69) is 5.10 Å². The van der Waals surface area contributed by atoms with Crippen LogP contribution in [0.3, 0.4) is 0 Å². The van der Waals surface area contributed by atoms with Crippen LogP contribution in [0.5, 0.6) is 0 Å². The molecule has 6 nitrogen and oxygen atoms in total. The molecule has 0 aromatic carbocycles. The van der Waals surface area contributed by atoms with E-state index >= 15 is 0 Å². The second-order valence-electron chi connectivity index (χ2n) is 6.14. The number of hydrogen-bond donors (Lipinski definition) is 1. The molecule has 0 aliphatic heterocycles. The molecule has 1 aromatic heterocycles. The molecular weight excluding hydrogens is 270 g/mol. The summed E-state index contributed by atoms with van der Waals surface area (Å²) in [7, 11) is 0. The molecule has 2 saturated carbocycles. The molecule has 21 heavy (non-hydrogen) atoms. The van der Waals surface area contributed by atoms with E-state index in [-0.39, 0.29) is 12.5 Å². The molecule has 0 unspecified atom stereocenters. The quantitative estimate of drug-likeness (QED) is 0.869. The lowest BCUT2D eigenvalue weighted by Crippen LogP contribution is -2.37. The highest BCUT2D eigenvalue weighted by Crippen LogP contribution is 2.31. The van der Waals surface area contributed by atoms with Crippen LogP contribution in [0.2, 0.25) is 0 Å². The summed E-state index contributed by atoms with van der Waals surface area (Å²) in [5.74, 6) is -0.773. The SMILES string of the molecule is O=C(O)CN(CC1CC1)C(=O)c1ccn(C2CCCC2)n1. The lowest BCUT2D eigenvalue weighted by atomic mass is 10.3. The summed E-state index contributed by atoms with van der Waals surface area (Å²) in [6.45, 7) is 0.285. The summed E-state index contributed by atoms with van der Waals surface area (Å²) in [6, 6.07) is 2.10. The lowest BCUT2D eigenvalue weighted by Gasteiger charge is -2.19. The van der Waals surface area contributed by atoms with Crippen molar-refractivity contribution in [1.82, 2.24) is 14.7 Å². The van der Waals surface area contributed by atoms with Crippen LogP contribution in [-0.4, -0.2) is 44.8 Å². The Morgan fingerprint density at radius 1 is 1.29 bits per heavy atom. The molecule has 1 amide bonds. The van der Waals surface area contributed by atoms with Gasteiger partial charge in [-0.15, -0.1) is 0 Å². The van der Waals surface area contributed by atoms with Gasteiger partial charge in [-0.25, -0.2) is 0 Å². The summed E-state index contributed by atoms with van der Waals surface area (Å²) >= 11 is 0. The lowest BCUT2D eigenvalue weighted by molar-refractivity contribution is -0.137. The van der Waals surface area contributed by atoms with Gasteiger partial charge >= 0.3 is 5.97 Å². The van der Waals surface area contributed by atoms with Crippen LogP contribution in [0.15, 0.2) is 12.3 Å². The van der Waals surface area contributed by atoms with Crippen LogP contribution in [-0.2, 0) is 4.79 Å². The molecule has 1 N–H and O–H groups in total. The summed E-state index contributed by atoms with van der Waals surface area (Å²) in [4.78, 5) is 24.8. The predicted octanol–water partition coefficient (Wildman–Crippen LogP) is 1.93. The minimum Gasteiger partial charge on any atom is -0.480 e. The first-order valence-electron chi connectivity index (χ1n) is 7.69. The van der Waals surface area contributed by atoms with Gasteiger partial charge in [0, 0.05) is 12.7 Å². The third-order valence-corrected chi connectivity index (χ3v) is 4.32. The first-order chi connectivity index (χ1) is 10.1. The Kier molecular flexibility index (Phi) is 3.94. The van der Waals surface area contributed by atoms with Crippen molar-refractivity contribution in [2.24, 2.45) is 5.92 Å². The Labute approximate surface area is 123 Å². The normalized spacial score (nSPS) is 18.9. The van der Waals surface area contributed by atoms with E-state index < -0.39 is 5.97 Å². The highest BCUT2D eigenvalue weighted by molar-refractivity contribution is 5.94. The number of carboxylic acids is 1. The molecule has 2 aliphatic carbocycles. The molecule has 0 spiro atoms. The summed E-state index contributed by atoms with van der Waals surface area (Å²) < 4.78 is 1.87. The van der Waals surface area contributed by atoms with Gasteiger partial charge in [0.05, 0.1) is 6.04 Å². The Morgan fingerprint density at radius 3 is 2.62 bits per heavy atom. The monoisotopic (exact) mass is 291 g/mol. The van der Waals surface area contributed by atoms with Gasteiger partial charge in [-0.1, -0.05) is 12.8 Å². The van der Waals surface area contributed by atoms with E-state index in [9.17, 15) is 9.59 Å². The molecule has 2 fully saturated rings. The number of carboxylic acid groups (broad SMARTS) is 1. The first-order valence-corrected chi connectivity index (χ1v) is 7.69. The smallest absolute Gasteiger partial charge is 0.323 e. The van der Waals surface area contributed by atoms with Gasteiger partial charge < -0.3 is 10.0 Å². The van der Waals surface area contributed by atoms with Crippen molar-refractivity contribution in [3.8, 4) is 0 Å². The highest BCUT2D eigenvalue weighted by atomic mass is 16.4. The Balaban J connectivity index is 1.70. The number of carbonyl (C=O) groups is 2. The molecule has 0 saturated heterocycles. The van der Waals surface area contributed by atoms with Crippen molar-refractivity contribution in [2.45, 2.75) is 44.6 Å². The van der Waals surface area contributed by atoms with Gasteiger partial charge in [-0.2, -0.15) is 5.10 Å².